The van der Waals surface area contributed by atoms with Crippen LogP contribution in [0, 0.1) is 13.8 Å². The number of carbonyl (C=O) groups is 1. The highest BCUT2D eigenvalue weighted by Crippen LogP contribution is 2.25. The van der Waals surface area contributed by atoms with Crippen molar-refractivity contribution in [2.45, 2.75) is 20.5 Å². The van der Waals surface area contributed by atoms with Crippen molar-refractivity contribution in [3.05, 3.63) is 64.5 Å². The Kier molecular flexibility index (Phi) is 5.53. The summed E-state index contributed by atoms with van der Waals surface area (Å²) in [5.41, 5.74) is 2.90. The standard InChI is InChI=1S/C19H17ClN2O4/c1-12-7-8-14(9-13(12)2)24-11-18(23)25-10-17-21-19(22-26-17)15-5-3-4-6-16(15)20/h3-9H,10-11H2,1-2H3. The first kappa shape index (κ1) is 17.9. The molecule has 0 atom stereocenters. The molecule has 0 aliphatic carbocycles. The third-order valence-electron chi connectivity index (χ3n) is 3.77. The Morgan fingerprint density at radius 2 is 1.96 bits per heavy atom. The number of aryl methyl sites for hydroxylation is 2. The maximum Gasteiger partial charge on any atom is 0.344 e. The number of rotatable bonds is 6. The Morgan fingerprint density at radius 1 is 1.15 bits per heavy atom. The van der Waals surface area contributed by atoms with Gasteiger partial charge in [0, 0.05) is 5.56 Å². The first-order chi connectivity index (χ1) is 12.5. The maximum absolute atomic E-state index is 11.8. The molecule has 3 rings (SSSR count). The van der Waals surface area contributed by atoms with Gasteiger partial charge in [-0.15, -0.1) is 0 Å². The Hall–Kier alpha value is -2.86. The molecule has 0 bridgehead atoms. The van der Waals surface area contributed by atoms with Gasteiger partial charge < -0.3 is 14.0 Å². The van der Waals surface area contributed by atoms with Crippen molar-refractivity contribution < 1.29 is 18.8 Å². The molecule has 0 aliphatic heterocycles. The molecule has 2 aromatic carbocycles. The van der Waals surface area contributed by atoms with Crippen LogP contribution in [0.1, 0.15) is 17.0 Å². The van der Waals surface area contributed by atoms with E-state index in [1.807, 2.05) is 44.2 Å². The number of carbonyl (C=O) groups excluding carboxylic acids is 1. The summed E-state index contributed by atoms with van der Waals surface area (Å²) in [6, 6.07) is 12.8. The number of esters is 1. The van der Waals surface area contributed by atoms with Crippen LogP contribution in [0.5, 0.6) is 5.75 Å². The smallest absolute Gasteiger partial charge is 0.344 e. The van der Waals surface area contributed by atoms with Gasteiger partial charge in [0.25, 0.3) is 5.89 Å². The largest absolute Gasteiger partial charge is 0.482 e. The molecule has 1 heterocycles. The fourth-order valence-corrected chi connectivity index (χ4v) is 2.42. The molecule has 0 spiro atoms. The second kappa shape index (κ2) is 8.01. The number of benzene rings is 2. The van der Waals surface area contributed by atoms with Gasteiger partial charge in [-0.3, -0.25) is 0 Å². The lowest BCUT2D eigenvalue weighted by Gasteiger charge is -2.07. The number of halogens is 1. The van der Waals surface area contributed by atoms with E-state index in [0.717, 1.165) is 11.1 Å². The summed E-state index contributed by atoms with van der Waals surface area (Å²) in [7, 11) is 0. The molecular formula is C19H17ClN2O4. The molecule has 0 aliphatic rings. The lowest BCUT2D eigenvalue weighted by molar-refractivity contribution is -0.148. The number of hydrogen-bond acceptors (Lipinski definition) is 6. The van der Waals surface area contributed by atoms with Crippen LogP contribution >= 0.6 is 11.6 Å². The monoisotopic (exact) mass is 372 g/mol. The van der Waals surface area contributed by atoms with E-state index in [1.165, 1.54) is 0 Å². The van der Waals surface area contributed by atoms with Gasteiger partial charge in [-0.05, 0) is 49.2 Å². The molecule has 0 unspecified atom stereocenters. The zero-order valence-corrected chi connectivity index (χ0v) is 15.1. The quantitative estimate of drug-likeness (QED) is 0.606. The average molecular weight is 373 g/mol. The summed E-state index contributed by atoms with van der Waals surface area (Å²) in [6.45, 7) is 3.65. The molecule has 0 fully saturated rings. The van der Waals surface area contributed by atoms with E-state index in [1.54, 1.807) is 12.1 Å². The van der Waals surface area contributed by atoms with Crippen molar-refractivity contribution in [2.75, 3.05) is 6.61 Å². The zero-order valence-electron chi connectivity index (χ0n) is 14.4. The zero-order chi connectivity index (χ0) is 18.5. The molecule has 3 aromatic rings. The lowest BCUT2D eigenvalue weighted by Crippen LogP contribution is -2.15. The Morgan fingerprint density at radius 3 is 2.73 bits per heavy atom. The van der Waals surface area contributed by atoms with E-state index in [4.69, 9.17) is 25.6 Å². The van der Waals surface area contributed by atoms with Crippen LogP contribution in [-0.4, -0.2) is 22.7 Å². The summed E-state index contributed by atoms with van der Waals surface area (Å²) in [5, 5.41) is 4.36. The molecule has 0 saturated carbocycles. The molecule has 0 amide bonds. The molecule has 7 heteroatoms. The van der Waals surface area contributed by atoms with Gasteiger partial charge in [0.2, 0.25) is 5.82 Å². The van der Waals surface area contributed by atoms with Crippen LogP contribution in [0.25, 0.3) is 11.4 Å². The van der Waals surface area contributed by atoms with E-state index < -0.39 is 5.97 Å². The van der Waals surface area contributed by atoms with Crippen molar-refractivity contribution in [1.82, 2.24) is 10.1 Å². The van der Waals surface area contributed by atoms with Crippen LogP contribution in [0.3, 0.4) is 0 Å². The Balaban J connectivity index is 1.52. The highest BCUT2D eigenvalue weighted by atomic mass is 35.5. The molecule has 0 radical (unpaired) electrons. The van der Waals surface area contributed by atoms with Crippen molar-refractivity contribution in [3.8, 4) is 17.1 Å². The number of nitrogens with zero attached hydrogens (tertiary/aromatic N) is 2. The fraction of sp³-hybridized carbons (Fsp3) is 0.211. The Bertz CT molecular complexity index is 923. The van der Waals surface area contributed by atoms with Crippen LogP contribution in [0.4, 0.5) is 0 Å². The summed E-state index contributed by atoms with van der Waals surface area (Å²) in [5.74, 6) is 0.608. The topological polar surface area (TPSA) is 74.5 Å². The average Bonchev–Trinajstić information content (AvgIpc) is 3.10. The number of hydrogen-bond donors (Lipinski definition) is 0. The van der Waals surface area contributed by atoms with E-state index in [2.05, 4.69) is 10.1 Å². The van der Waals surface area contributed by atoms with E-state index >= 15 is 0 Å². The molecule has 26 heavy (non-hydrogen) atoms. The van der Waals surface area contributed by atoms with Gasteiger partial charge in [0.15, 0.2) is 13.2 Å². The van der Waals surface area contributed by atoms with Gasteiger partial charge >= 0.3 is 5.97 Å². The van der Waals surface area contributed by atoms with Crippen molar-refractivity contribution in [1.29, 1.82) is 0 Å². The second-order valence-corrected chi connectivity index (χ2v) is 6.09. The molecule has 6 nitrogen and oxygen atoms in total. The van der Waals surface area contributed by atoms with Crippen LogP contribution in [0.2, 0.25) is 5.02 Å². The van der Waals surface area contributed by atoms with Crippen molar-refractivity contribution >= 4 is 17.6 Å². The Labute approximate surface area is 155 Å². The van der Waals surface area contributed by atoms with Gasteiger partial charge in [0.05, 0.1) is 5.02 Å². The molecular weight excluding hydrogens is 356 g/mol. The van der Waals surface area contributed by atoms with E-state index in [0.29, 0.717) is 22.2 Å². The van der Waals surface area contributed by atoms with E-state index in [-0.39, 0.29) is 19.1 Å². The molecule has 0 N–H and O–H groups in total. The fourth-order valence-electron chi connectivity index (χ4n) is 2.20. The van der Waals surface area contributed by atoms with Crippen LogP contribution in [0.15, 0.2) is 47.0 Å². The van der Waals surface area contributed by atoms with Crippen molar-refractivity contribution in [3.63, 3.8) is 0 Å². The predicted molar refractivity (Wildman–Crippen MR) is 96.0 cm³/mol. The SMILES string of the molecule is Cc1ccc(OCC(=O)OCc2nc(-c3ccccc3Cl)no2)cc1C. The molecule has 0 saturated heterocycles. The van der Waals surface area contributed by atoms with Gasteiger partial charge in [-0.1, -0.05) is 35.0 Å². The summed E-state index contributed by atoms with van der Waals surface area (Å²) in [6.07, 6.45) is 0. The van der Waals surface area contributed by atoms with Gasteiger partial charge in [-0.25, -0.2) is 4.79 Å². The van der Waals surface area contributed by atoms with Crippen LogP contribution < -0.4 is 4.74 Å². The first-order valence-corrected chi connectivity index (χ1v) is 8.34. The molecule has 134 valence electrons. The summed E-state index contributed by atoms with van der Waals surface area (Å²) < 4.78 is 15.6. The maximum atomic E-state index is 11.8. The highest BCUT2D eigenvalue weighted by molar-refractivity contribution is 6.33. The normalized spacial score (nSPS) is 10.6. The minimum Gasteiger partial charge on any atom is -0.482 e. The van der Waals surface area contributed by atoms with Crippen molar-refractivity contribution in [2.24, 2.45) is 0 Å². The minimum atomic E-state index is -0.527. The number of ether oxygens (including phenoxy) is 2. The first-order valence-electron chi connectivity index (χ1n) is 7.96. The third-order valence-corrected chi connectivity index (χ3v) is 4.10. The minimum absolute atomic E-state index is 0.132. The highest BCUT2D eigenvalue weighted by Gasteiger charge is 2.13. The van der Waals surface area contributed by atoms with E-state index in [9.17, 15) is 4.79 Å². The predicted octanol–water partition coefficient (Wildman–Crippen LogP) is 4.13. The third kappa shape index (κ3) is 4.40. The number of aromatic nitrogens is 2. The summed E-state index contributed by atoms with van der Waals surface area (Å²) >= 11 is 6.09. The second-order valence-electron chi connectivity index (χ2n) is 5.69. The summed E-state index contributed by atoms with van der Waals surface area (Å²) in [4.78, 5) is 16.0. The van der Waals surface area contributed by atoms with Gasteiger partial charge in [-0.2, -0.15) is 4.98 Å². The van der Waals surface area contributed by atoms with Crippen LogP contribution in [-0.2, 0) is 16.1 Å². The van der Waals surface area contributed by atoms with Gasteiger partial charge in [0.1, 0.15) is 5.75 Å². The lowest BCUT2D eigenvalue weighted by atomic mass is 10.1. The molecule has 1 aromatic heterocycles.